The number of para-hydroxylation sites is 1. The molecule has 0 aliphatic rings. The molecule has 1 aromatic carbocycles. The Labute approximate surface area is 101 Å². The molecule has 0 saturated heterocycles. The van der Waals surface area contributed by atoms with Crippen LogP contribution in [0.4, 0.5) is 4.39 Å². The number of nitrogens with zero attached hydrogens (tertiary/aromatic N) is 2. The number of rotatable bonds is 1. The molecule has 4 nitrogen and oxygen atoms in total. The zero-order valence-electron chi connectivity index (χ0n) is 9.22. The third-order valence-electron chi connectivity index (χ3n) is 2.67. The van der Waals surface area contributed by atoms with Gasteiger partial charge in [-0.05, 0) is 18.2 Å². The number of nitrogens with one attached hydrogen (secondary N) is 1. The van der Waals surface area contributed by atoms with Gasteiger partial charge in [0.25, 0.3) is 0 Å². The fourth-order valence-electron chi connectivity index (χ4n) is 1.88. The van der Waals surface area contributed by atoms with E-state index in [0.29, 0.717) is 11.1 Å². The molecule has 2 heterocycles. The highest BCUT2D eigenvalue weighted by Crippen LogP contribution is 2.24. The van der Waals surface area contributed by atoms with Gasteiger partial charge in [-0.3, -0.25) is 4.98 Å². The van der Waals surface area contributed by atoms with Crippen LogP contribution >= 0.6 is 0 Å². The van der Waals surface area contributed by atoms with Gasteiger partial charge in [-0.25, -0.2) is 9.18 Å². The molecule has 3 rings (SSSR count). The van der Waals surface area contributed by atoms with E-state index in [2.05, 4.69) is 15.0 Å². The molecule has 0 spiro atoms. The Bertz CT molecular complexity index is 768. The number of H-pyrrole nitrogens is 1. The van der Waals surface area contributed by atoms with Gasteiger partial charge in [0.05, 0.1) is 5.69 Å². The molecule has 0 aliphatic carbocycles. The molecule has 3 aromatic rings. The van der Waals surface area contributed by atoms with Crippen LogP contribution in [0.2, 0.25) is 0 Å². The van der Waals surface area contributed by atoms with Gasteiger partial charge in [0, 0.05) is 23.3 Å². The molecule has 0 saturated carbocycles. The van der Waals surface area contributed by atoms with E-state index in [4.69, 9.17) is 0 Å². The van der Waals surface area contributed by atoms with E-state index in [1.165, 1.54) is 6.07 Å². The lowest BCUT2D eigenvalue weighted by atomic mass is 10.1. The molecule has 0 aliphatic heterocycles. The summed E-state index contributed by atoms with van der Waals surface area (Å²) in [6.07, 6.45) is 3.22. The molecule has 0 atom stereocenters. The van der Waals surface area contributed by atoms with Crippen LogP contribution in [0.1, 0.15) is 0 Å². The summed E-state index contributed by atoms with van der Waals surface area (Å²) in [5.41, 5.74) is 0.819. The summed E-state index contributed by atoms with van der Waals surface area (Å²) < 4.78 is 13.6. The summed E-state index contributed by atoms with van der Waals surface area (Å²) in [6, 6.07) is 8.08. The minimum atomic E-state index is -0.570. The van der Waals surface area contributed by atoms with E-state index in [1.54, 1.807) is 36.7 Å². The maximum atomic E-state index is 13.6. The normalized spacial score (nSPS) is 10.7. The zero-order valence-corrected chi connectivity index (χ0v) is 9.22. The van der Waals surface area contributed by atoms with Crippen molar-refractivity contribution >= 4 is 10.9 Å². The highest BCUT2D eigenvalue weighted by molar-refractivity contribution is 5.92. The monoisotopic (exact) mass is 241 g/mol. The molecular formula is C13H8FN3O. The van der Waals surface area contributed by atoms with Crippen molar-refractivity contribution in [2.45, 2.75) is 0 Å². The molecule has 18 heavy (non-hydrogen) atoms. The fourth-order valence-corrected chi connectivity index (χ4v) is 1.88. The van der Waals surface area contributed by atoms with Gasteiger partial charge < -0.3 is 4.98 Å². The second kappa shape index (κ2) is 4.03. The van der Waals surface area contributed by atoms with Crippen molar-refractivity contribution in [1.29, 1.82) is 0 Å². The van der Waals surface area contributed by atoms with E-state index in [9.17, 15) is 9.18 Å². The van der Waals surface area contributed by atoms with Crippen molar-refractivity contribution in [1.82, 2.24) is 15.0 Å². The molecule has 0 amide bonds. The third kappa shape index (κ3) is 1.66. The Morgan fingerprint density at radius 3 is 2.67 bits per heavy atom. The second-order valence-corrected chi connectivity index (χ2v) is 3.79. The predicted octanol–water partition coefficient (Wildman–Crippen LogP) is 2.12. The SMILES string of the molecule is O=c1nc2c(F)cccc2c(-c2ccncc2)[nH]1. The molecule has 0 fully saturated rings. The topological polar surface area (TPSA) is 58.6 Å². The van der Waals surface area contributed by atoms with Gasteiger partial charge in [-0.2, -0.15) is 4.98 Å². The van der Waals surface area contributed by atoms with Crippen LogP contribution in [0, 0.1) is 5.82 Å². The Morgan fingerprint density at radius 2 is 1.89 bits per heavy atom. The number of benzene rings is 1. The van der Waals surface area contributed by atoms with Crippen molar-refractivity contribution in [3.8, 4) is 11.3 Å². The van der Waals surface area contributed by atoms with Gasteiger partial charge in [-0.15, -0.1) is 0 Å². The van der Waals surface area contributed by atoms with Gasteiger partial charge >= 0.3 is 5.69 Å². The lowest BCUT2D eigenvalue weighted by molar-refractivity contribution is 0.636. The molecular weight excluding hydrogens is 233 g/mol. The lowest BCUT2D eigenvalue weighted by Crippen LogP contribution is -2.12. The summed E-state index contributed by atoms with van der Waals surface area (Å²) in [4.78, 5) is 21.7. The smallest absolute Gasteiger partial charge is 0.305 e. The Hall–Kier alpha value is -2.56. The molecule has 5 heteroatoms. The first-order valence-corrected chi connectivity index (χ1v) is 5.34. The molecule has 0 unspecified atom stereocenters. The number of aromatic nitrogens is 3. The van der Waals surface area contributed by atoms with Gasteiger partial charge in [0.1, 0.15) is 11.3 Å². The highest BCUT2D eigenvalue weighted by Gasteiger charge is 2.09. The van der Waals surface area contributed by atoms with Crippen molar-refractivity contribution in [3.63, 3.8) is 0 Å². The number of hydrogen-bond acceptors (Lipinski definition) is 3. The van der Waals surface area contributed by atoms with E-state index < -0.39 is 11.5 Å². The first kappa shape index (κ1) is 10.6. The van der Waals surface area contributed by atoms with Crippen LogP contribution in [0.5, 0.6) is 0 Å². The average molecular weight is 241 g/mol. The molecule has 2 aromatic heterocycles. The van der Waals surface area contributed by atoms with Crippen molar-refractivity contribution in [2.75, 3.05) is 0 Å². The van der Waals surface area contributed by atoms with Crippen molar-refractivity contribution < 1.29 is 4.39 Å². The quantitative estimate of drug-likeness (QED) is 0.710. The van der Waals surface area contributed by atoms with E-state index in [1.807, 2.05) is 0 Å². The average Bonchev–Trinajstić information content (AvgIpc) is 2.40. The molecule has 0 radical (unpaired) electrons. The minimum Gasteiger partial charge on any atom is -0.305 e. The largest absolute Gasteiger partial charge is 0.346 e. The number of halogens is 1. The Balaban J connectivity index is 2.43. The maximum absolute atomic E-state index is 13.6. The van der Waals surface area contributed by atoms with Crippen LogP contribution in [-0.2, 0) is 0 Å². The first-order chi connectivity index (χ1) is 8.75. The number of hydrogen-bond donors (Lipinski definition) is 1. The Morgan fingerprint density at radius 1 is 1.11 bits per heavy atom. The molecule has 0 bridgehead atoms. The maximum Gasteiger partial charge on any atom is 0.346 e. The van der Waals surface area contributed by atoms with Crippen LogP contribution in [-0.4, -0.2) is 15.0 Å². The summed E-state index contributed by atoms with van der Waals surface area (Å²) >= 11 is 0. The fraction of sp³-hybridized carbons (Fsp3) is 0. The van der Waals surface area contributed by atoms with Crippen LogP contribution in [0.3, 0.4) is 0 Å². The van der Waals surface area contributed by atoms with E-state index >= 15 is 0 Å². The van der Waals surface area contributed by atoms with Gasteiger partial charge in [0.2, 0.25) is 0 Å². The van der Waals surface area contributed by atoms with E-state index in [-0.39, 0.29) is 5.52 Å². The molecule has 1 N–H and O–H groups in total. The minimum absolute atomic E-state index is 0.0769. The number of pyridine rings is 1. The van der Waals surface area contributed by atoms with E-state index in [0.717, 1.165) is 5.56 Å². The second-order valence-electron chi connectivity index (χ2n) is 3.79. The van der Waals surface area contributed by atoms with Crippen LogP contribution < -0.4 is 5.69 Å². The summed E-state index contributed by atoms with van der Waals surface area (Å²) in [5, 5.41) is 0.570. The predicted molar refractivity (Wildman–Crippen MR) is 65.6 cm³/mol. The molecule has 88 valence electrons. The summed E-state index contributed by atoms with van der Waals surface area (Å²) in [5.74, 6) is -0.506. The first-order valence-electron chi connectivity index (χ1n) is 5.34. The van der Waals surface area contributed by atoms with Crippen molar-refractivity contribution in [3.05, 3.63) is 59.0 Å². The summed E-state index contributed by atoms with van der Waals surface area (Å²) in [6.45, 7) is 0. The zero-order chi connectivity index (χ0) is 12.5. The Kier molecular flexibility index (Phi) is 2.37. The number of fused-ring (bicyclic) bond motifs is 1. The van der Waals surface area contributed by atoms with Gasteiger partial charge in [-0.1, -0.05) is 12.1 Å². The number of aromatic amines is 1. The standard InChI is InChI=1S/C13H8FN3O/c14-10-3-1-2-9-11(8-4-6-15-7-5-8)16-13(18)17-12(9)10/h1-7H,(H,16,17,18). The van der Waals surface area contributed by atoms with Crippen molar-refractivity contribution in [2.24, 2.45) is 0 Å². The lowest BCUT2D eigenvalue weighted by Gasteiger charge is -2.05. The highest BCUT2D eigenvalue weighted by atomic mass is 19.1. The van der Waals surface area contributed by atoms with Crippen LogP contribution in [0.15, 0.2) is 47.5 Å². The van der Waals surface area contributed by atoms with Crippen LogP contribution in [0.25, 0.3) is 22.2 Å². The summed E-state index contributed by atoms with van der Waals surface area (Å²) in [7, 11) is 0. The third-order valence-corrected chi connectivity index (χ3v) is 2.67. The van der Waals surface area contributed by atoms with Gasteiger partial charge in [0.15, 0.2) is 0 Å².